The molecule has 2 N–H and O–H groups in total. The van der Waals surface area contributed by atoms with Crippen molar-refractivity contribution in [3.05, 3.63) is 51.8 Å². The molecule has 1 heterocycles. The largest absolute Gasteiger partial charge is 0.358 e. The van der Waals surface area contributed by atoms with Crippen molar-refractivity contribution in [3.63, 3.8) is 0 Å². The van der Waals surface area contributed by atoms with Crippen LogP contribution < -0.4 is 5.32 Å². The van der Waals surface area contributed by atoms with Gasteiger partial charge < -0.3 is 15.2 Å². The Morgan fingerprint density at radius 3 is 2.58 bits per heavy atom. The van der Waals surface area contributed by atoms with Crippen LogP contribution in [-0.4, -0.2) is 36.3 Å². The molecule has 134 valence electrons. The average Bonchev–Trinajstić information content (AvgIpc) is 2.88. The van der Waals surface area contributed by atoms with E-state index in [4.69, 9.17) is 5.26 Å². The third kappa shape index (κ3) is 3.67. The monoisotopic (exact) mass is 350 g/mol. The fourth-order valence-electron chi connectivity index (χ4n) is 2.89. The summed E-state index contributed by atoms with van der Waals surface area (Å²) in [6.07, 6.45) is 2.53. The minimum absolute atomic E-state index is 0.0525. The van der Waals surface area contributed by atoms with Crippen LogP contribution in [0.3, 0.4) is 0 Å². The highest BCUT2D eigenvalue weighted by molar-refractivity contribution is 5.98. The van der Waals surface area contributed by atoms with Gasteiger partial charge in [0.25, 0.3) is 5.91 Å². The quantitative estimate of drug-likeness (QED) is 0.811. The van der Waals surface area contributed by atoms with Crippen molar-refractivity contribution in [2.45, 2.75) is 20.8 Å². The Morgan fingerprint density at radius 2 is 2.00 bits per heavy atom. The summed E-state index contributed by atoms with van der Waals surface area (Å²) in [5.41, 5.74) is 5.89. The van der Waals surface area contributed by atoms with E-state index in [0.717, 1.165) is 28.1 Å². The van der Waals surface area contributed by atoms with Crippen LogP contribution in [0, 0.1) is 25.2 Å². The Hall–Kier alpha value is -3.33. The van der Waals surface area contributed by atoms with Crippen LogP contribution in [0.4, 0.5) is 5.69 Å². The first-order valence-corrected chi connectivity index (χ1v) is 8.14. The zero-order valence-corrected chi connectivity index (χ0v) is 15.6. The van der Waals surface area contributed by atoms with Gasteiger partial charge >= 0.3 is 0 Å². The van der Waals surface area contributed by atoms with Crippen molar-refractivity contribution < 1.29 is 9.59 Å². The van der Waals surface area contributed by atoms with Gasteiger partial charge in [-0.15, -0.1) is 0 Å². The number of aryl methyl sites for hydroxylation is 1. The lowest BCUT2D eigenvalue weighted by atomic mass is 10.00. The summed E-state index contributed by atoms with van der Waals surface area (Å²) in [5.74, 6) is -0.0525. The number of nitriles is 1. The number of hydrogen-bond donors (Lipinski definition) is 2. The first-order chi connectivity index (χ1) is 12.3. The maximum atomic E-state index is 12.4. The van der Waals surface area contributed by atoms with Crippen molar-refractivity contribution in [1.29, 1.82) is 5.26 Å². The van der Waals surface area contributed by atoms with Crippen molar-refractivity contribution in [2.24, 2.45) is 0 Å². The van der Waals surface area contributed by atoms with E-state index in [-0.39, 0.29) is 5.91 Å². The van der Waals surface area contributed by atoms with E-state index < -0.39 is 0 Å². The fourth-order valence-corrected chi connectivity index (χ4v) is 2.89. The number of anilines is 1. The number of nitrogens with one attached hydrogen (secondary N) is 2. The highest BCUT2D eigenvalue weighted by Gasteiger charge is 2.19. The molecule has 0 atom stereocenters. The van der Waals surface area contributed by atoms with Crippen molar-refractivity contribution in [3.8, 4) is 6.07 Å². The molecule has 0 aliphatic carbocycles. The molecule has 26 heavy (non-hydrogen) atoms. The van der Waals surface area contributed by atoms with Crippen LogP contribution >= 0.6 is 0 Å². The fraction of sp³-hybridized carbons (Fsp3) is 0.250. The van der Waals surface area contributed by atoms with Crippen molar-refractivity contribution >= 4 is 29.7 Å². The lowest BCUT2D eigenvalue weighted by molar-refractivity contribution is -0.105. The Bertz CT molecular complexity index is 930. The minimum Gasteiger partial charge on any atom is -0.358 e. The number of carbonyl (C=O) groups excluding carboxylic acids is 2. The number of H-pyrrole nitrogens is 1. The zero-order chi connectivity index (χ0) is 19.4. The Balaban J connectivity index is 2.55. The predicted octanol–water partition coefficient (Wildman–Crippen LogP) is 3.33. The van der Waals surface area contributed by atoms with E-state index in [1.54, 1.807) is 37.2 Å². The average molecular weight is 350 g/mol. The van der Waals surface area contributed by atoms with Gasteiger partial charge in [0.1, 0.15) is 0 Å². The van der Waals surface area contributed by atoms with Gasteiger partial charge in [-0.1, -0.05) is 0 Å². The summed E-state index contributed by atoms with van der Waals surface area (Å²) in [5, 5.41) is 11.8. The second-order valence-electron chi connectivity index (χ2n) is 6.32. The van der Waals surface area contributed by atoms with E-state index in [1.165, 1.54) is 0 Å². The van der Waals surface area contributed by atoms with Crippen molar-refractivity contribution in [1.82, 2.24) is 9.88 Å². The summed E-state index contributed by atoms with van der Waals surface area (Å²) in [6, 6.07) is 7.19. The normalized spacial score (nSPS) is 11.0. The van der Waals surface area contributed by atoms with Crippen LogP contribution in [0.25, 0.3) is 11.6 Å². The van der Waals surface area contributed by atoms with E-state index in [0.29, 0.717) is 23.2 Å². The van der Waals surface area contributed by atoms with E-state index >= 15 is 0 Å². The number of hydrogen-bond acceptors (Lipinski definition) is 3. The molecule has 6 nitrogen and oxygen atoms in total. The van der Waals surface area contributed by atoms with Crippen LogP contribution in [0.1, 0.15) is 45.4 Å². The van der Waals surface area contributed by atoms with Crippen LogP contribution in [-0.2, 0) is 4.79 Å². The molecular formula is C20H22N4O2. The number of amides is 2. The lowest BCUT2D eigenvalue weighted by Gasteiger charge is -2.11. The van der Waals surface area contributed by atoms with Gasteiger partial charge in [-0.05, 0) is 56.2 Å². The molecule has 0 bridgehead atoms. The minimum atomic E-state index is -0.0525. The third-order valence-corrected chi connectivity index (χ3v) is 4.25. The molecule has 1 aromatic carbocycles. The standard InChI is InChI=1S/C20H22N4O2/c1-12(16-9-15(10-21)6-7-17(16)22-11-25)8-18-13(2)19(14(3)23-18)20(26)24(4)5/h6-9,11,23H,1-5H3,(H,22,25)/b12-8+. The molecule has 2 aromatic rings. The second-order valence-corrected chi connectivity index (χ2v) is 6.32. The number of carbonyl (C=O) groups is 2. The molecule has 6 heteroatoms. The first-order valence-electron chi connectivity index (χ1n) is 8.14. The first kappa shape index (κ1) is 19.0. The lowest BCUT2D eigenvalue weighted by Crippen LogP contribution is -2.22. The third-order valence-electron chi connectivity index (χ3n) is 4.25. The van der Waals surface area contributed by atoms with Gasteiger partial charge in [-0.3, -0.25) is 9.59 Å². The maximum absolute atomic E-state index is 12.4. The van der Waals surface area contributed by atoms with Crippen LogP contribution in [0.2, 0.25) is 0 Å². The van der Waals surface area contributed by atoms with Gasteiger partial charge in [-0.25, -0.2) is 0 Å². The summed E-state index contributed by atoms with van der Waals surface area (Å²) >= 11 is 0. The number of nitrogens with zero attached hydrogens (tertiary/aromatic N) is 2. The number of rotatable bonds is 5. The van der Waals surface area contributed by atoms with Gasteiger partial charge in [0.15, 0.2) is 0 Å². The molecule has 0 aliphatic heterocycles. The summed E-state index contributed by atoms with van der Waals surface area (Å²) < 4.78 is 0. The van der Waals surface area contributed by atoms with Crippen LogP contribution in [0.5, 0.6) is 0 Å². The molecule has 0 aliphatic rings. The molecule has 0 spiro atoms. The second kappa shape index (κ2) is 7.70. The summed E-state index contributed by atoms with van der Waals surface area (Å²) in [7, 11) is 3.44. The van der Waals surface area contributed by atoms with Gasteiger partial charge in [0, 0.05) is 36.7 Å². The zero-order valence-electron chi connectivity index (χ0n) is 15.6. The molecule has 0 fully saturated rings. The Labute approximate surface area is 153 Å². The van der Waals surface area contributed by atoms with Crippen LogP contribution in [0.15, 0.2) is 18.2 Å². The highest BCUT2D eigenvalue weighted by atomic mass is 16.2. The summed E-state index contributed by atoms with van der Waals surface area (Å²) in [6.45, 7) is 5.66. The maximum Gasteiger partial charge on any atom is 0.255 e. The smallest absolute Gasteiger partial charge is 0.255 e. The van der Waals surface area contributed by atoms with Gasteiger partial charge in [0.2, 0.25) is 6.41 Å². The van der Waals surface area contributed by atoms with E-state index in [2.05, 4.69) is 16.4 Å². The number of allylic oxidation sites excluding steroid dienone is 1. The molecule has 2 rings (SSSR count). The van der Waals surface area contributed by atoms with Gasteiger partial charge in [0.05, 0.1) is 17.2 Å². The molecule has 0 saturated heterocycles. The molecule has 0 saturated carbocycles. The SMILES string of the molecule is C/C(=C\c1[nH]c(C)c(C(=O)N(C)C)c1C)c1cc(C#N)ccc1NC=O. The number of aromatic nitrogens is 1. The van der Waals surface area contributed by atoms with Crippen molar-refractivity contribution in [2.75, 3.05) is 19.4 Å². The number of benzene rings is 1. The topological polar surface area (TPSA) is 89.0 Å². The Morgan fingerprint density at radius 1 is 1.31 bits per heavy atom. The molecular weight excluding hydrogens is 328 g/mol. The molecule has 1 aromatic heterocycles. The van der Waals surface area contributed by atoms with E-state index in [9.17, 15) is 9.59 Å². The Kier molecular flexibility index (Phi) is 5.63. The molecule has 0 radical (unpaired) electrons. The van der Waals surface area contributed by atoms with E-state index in [1.807, 2.05) is 26.8 Å². The van der Waals surface area contributed by atoms with Gasteiger partial charge in [-0.2, -0.15) is 5.26 Å². The highest BCUT2D eigenvalue weighted by Crippen LogP contribution is 2.28. The molecule has 2 amide bonds. The molecule has 0 unspecified atom stereocenters. The number of aromatic amines is 1. The summed E-state index contributed by atoms with van der Waals surface area (Å²) in [4.78, 5) is 28.0. The predicted molar refractivity (Wildman–Crippen MR) is 103 cm³/mol.